The highest BCUT2D eigenvalue weighted by atomic mass is 79.9. The molecule has 0 radical (unpaired) electrons. The molecule has 0 aromatic heterocycles. The molecule has 17 heavy (non-hydrogen) atoms. The van der Waals surface area contributed by atoms with Crippen LogP contribution in [0.2, 0.25) is 0 Å². The topological polar surface area (TPSA) is 38.3 Å². The highest BCUT2D eigenvalue weighted by Crippen LogP contribution is 2.35. The van der Waals surface area contributed by atoms with Crippen molar-refractivity contribution in [1.29, 1.82) is 0 Å². The normalized spacial score (nSPS) is 16.4. The third kappa shape index (κ3) is 3.22. The number of ether oxygens (including phenoxy) is 1. The molecule has 0 aliphatic heterocycles. The van der Waals surface area contributed by atoms with Gasteiger partial charge in [-0.15, -0.1) is 0 Å². The van der Waals surface area contributed by atoms with E-state index >= 15 is 0 Å². The molecule has 1 saturated carbocycles. The van der Waals surface area contributed by atoms with Crippen molar-refractivity contribution in [3.8, 4) is 0 Å². The summed E-state index contributed by atoms with van der Waals surface area (Å²) in [5.41, 5.74) is 2.11. The van der Waals surface area contributed by atoms with Crippen LogP contribution >= 0.6 is 15.9 Å². The summed E-state index contributed by atoms with van der Waals surface area (Å²) in [5.74, 6) is 0.242. The maximum Gasteiger partial charge on any atom is 0.328 e. The number of esters is 1. The highest BCUT2D eigenvalue weighted by Gasteiger charge is 2.36. The van der Waals surface area contributed by atoms with Crippen LogP contribution in [0.3, 0.4) is 0 Å². The van der Waals surface area contributed by atoms with Crippen LogP contribution in [-0.2, 0) is 9.53 Å². The molecule has 0 spiro atoms. The molecule has 1 aliphatic carbocycles. The summed E-state index contributed by atoms with van der Waals surface area (Å²) in [7, 11) is 1.44. The number of benzene rings is 1. The van der Waals surface area contributed by atoms with E-state index in [4.69, 9.17) is 4.74 Å². The summed E-state index contributed by atoms with van der Waals surface area (Å²) < 4.78 is 5.85. The van der Waals surface area contributed by atoms with Crippen LogP contribution in [0.4, 0.5) is 5.69 Å². The lowest BCUT2D eigenvalue weighted by molar-refractivity contribution is -0.142. The van der Waals surface area contributed by atoms with Gasteiger partial charge in [0.2, 0.25) is 0 Å². The zero-order valence-electron chi connectivity index (χ0n) is 10.00. The van der Waals surface area contributed by atoms with Gasteiger partial charge in [0.15, 0.2) is 0 Å². The minimum atomic E-state index is -0.214. The first-order chi connectivity index (χ1) is 8.10. The van der Waals surface area contributed by atoms with Gasteiger partial charge in [0.1, 0.15) is 6.04 Å². The Hall–Kier alpha value is -1.03. The van der Waals surface area contributed by atoms with Crippen molar-refractivity contribution in [2.45, 2.75) is 25.8 Å². The number of carbonyl (C=O) groups excluding carboxylic acids is 1. The molecule has 1 aromatic rings. The number of carbonyl (C=O) groups is 1. The van der Waals surface area contributed by atoms with Gasteiger partial charge in [0, 0.05) is 10.2 Å². The van der Waals surface area contributed by atoms with Gasteiger partial charge in [-0.2, -0.15) is 0 Å². The largest absolute Gasteiger partial charge is 0.467 e. The van der Waals surface area contributed by atoms with Crippen molar-refractivity contribution in [2.75, 3.05) is 12.4 Å². The van der Waals surface area contributed by atoms with Crippen molar-refractivity contribution in [2.24, 2.45) is 5.92 Å². The van der Waals surface area contributed by atoms with Crippen LogP contribution < -0.4 is 5.32 Å². The number of halogens is 1. The summed E-state index contributed by atoms with van der Waals surface area (Å²) >= 11 is 3.45. The monoisotopic (exact) mass is 297 g/mol. The van der Waals surface area contributed by atoms with Gasteiger partial charge < -0.3 is 10.1 Å². The van der Waals surface area contributed by atoms with Crippen LogP contribution in [0, 0.1) is 12.8 Å². The molecule has 4 heteroatoms. The molecule has 1 atom stereocenters. The molecular formula is C13H16BrNO2. The molecule has 92 valence electrons. The molecule has 1 fully saturated rings. The molecule has 1 aromatic carbocycles. The molecule has 1 N–H and O–H groups in total. The van der Waals surface area contributed by atoms with E-state index in [2.05, 4.69) is 21.2 Å². The molecular weight excluding hydrogens is 282 g/mol. The first-order valence-electron chi connectivity index (χ1n) is 5.71. The van der Waals surface area contributed by atoms with Crippen molar-refractivity contribution in [3.05, 3.63) is 28.2 Å². The van der Waals surface area contributed by atoms with Gasteiger partial charge in [0.05, 0.1) is 7.11 Å². The minimum Gasteiger partial charge on any atom is -0.467 e. The summed E-state index contributed by atoms with van der Waals surface area (Å²) in [6.07, 6.45) is 2.19. The molecule has 3 nitrogen and oxygen atoms in total. The summed E-state index contributed by atoms with van der Waals surface area (Å²) in [6.45, 7) is 2.03. The second kappa shape index (κ2) is 5.08. The quantitative estimate of drug-likeness (QED) is 0.868. The number of hydrogen-bond donors (Lipinski definition) is 1. The van der Waals surface area contributed by atoms with Gasteiger partial charge >= 0.3 is 5.97 Å². The molecule has 0 heterocycles. The van der Waals surface area contributed by atoms with Crippen LogP contribution in [0.1, 0.15) is 18.4 Å². The van der Waals surface area contributed by atoms with Crippen LogP contribution in [0.15, 0.2) is 22.7 Å². The third-order valence-corrected chi connectivity index (χ3v) is 3.37. The lowest BCUT2D eigenvalue weighted by atomic mass is 10.1. The number of nitrogens with one attached hydrogen (secondary N) is 1. The maximum atomic E-state index is 11.7. The molecule has 1 unspecified atom stereocenters. The zero-order chi connectivity index (χ0) is 12.4. The van der Waals surface area contributed by atoms with E-state index < -0.39 is 0 Å². The standard InChI is InChI=1S/C13H16BrNO2/c1-8-5-10(14)7-11(6-8)15-12(9-3-4-9)13(16)17-2/h5-7,9,12,15H,3-4H2,1-2H3. The fourth-order valence-electron chi connectivity index (χ4n) is 1.92. The first-order valence-corrected chi connectivity index (χ1v) is 6.51. The Morgan fingerprint density at radius 3 is 2.71 bits per heavy atom. The highest BCUT2D eigenvalue weighted by molar-refractivity contribution is 9.10. The summed E-state index contributed by atoms with van der Waals surface area (Å²) in [4.78, 5) is 11.7. The molecule has 1 aliphatic rings. The van der Waals surface area contributed by atoms with Crippen LogP contribution in [0.25, 0.3) is 0 Å². The minimum absolute atomic E-state index is 0.176. The summed E-state index contributed by atoms with van der Waals surface area (Å²) in [6, 6.07) is 5.83. The van der Waals surface area contributed by atoms with Gasteiger partial charge in [-0.1, -0.05) is 15.9 Å². The van der Waals surface area contributed by atoms with E-state index in [9.17, 15) is 4.79 Å². The molecule has 0 saturated heterocycles. The Kier molecular flexibility index (Phi) is 3.72. The predicted molar refractivity (Wildman–Crippen MR) is 71.0 cm³/mol. The first kappa shape index (κ1) is 12.4. The smallest absolute Gasteiger partial charge is 0.328 e. The van der Waals surface area contributed by atoms with E-state index in [0.717, 1.165) is 28.6 Å². The number of anilines is 1. The SMILES string of the molecule is COC(=O)C(Nc1cc(C)cc(Br)c1)C1CC1. The van der Waals surface area contributed by atoms with Crippen molar-refractivity contribution < 1.29 is 9.53 Å². The van der Waals surface area contributed by atoms with Gasteiger partial charge in [-0.05, 0) is 49.4 Å². The number of methoxy groups -OCH3 is 1. The summed E-state index contributed by atoms with van der Waals surface area (Å²) in [5, 5.41) is 3.27. The van der Waals surface area contributed by atoms with Crippen molar-refractivity contribution >= 4 is 27.6 Å². The van der Waals surface area contributed by atoms with E-state index in [0.29, 0.717) is 5.92 Å². The number of rotatable bonds is 4. The van der Waals surface area contributed by atoms with E-state index in [1.165, 1.54) is 7.11 Å². The van der Waals surface area contributed by atoms with E-state index in [-0.39, 0.29) is 12.0 Å². The Balaban J connectivity index is 2.14. The second-order valence-corrected chi connectivity index (χ2v) is 5.42. The second-order valence-electron chi connectivity index (χ2n) is 4.50. The van der Waals surface area contributed by atoms with E-state index in [1.54, 1.807) is 0 Å². The Morgan fingerprint density at radius 1 is 1.47 bits per heavy atom. The lowest BCUT2D eigenvalue weighted by Crippen LogP contribution is -2.32. The average molecular weight is 298 g/mol. The fraction of sp³-hybridized carbons (Fsp3) is 0.462. The van der Waals surface area contributed by atoms with Crippen LogP contribution in [0.5, 0.6) is 0 Å². The Labute approximate surface area is 110 Å². The number of hydrogen-bond acceptors (Lipinski definition) is 3. The van der Waals surface area contributed by atoms with Crippen molar-refractivity contribution in [1.82, 2.24) is 0 Å². The lowest BCUT2D eigenvalue weighted by Gasteiger charge is -2.17. The molecule has 0 amide bonds. The van der Waals surface area contributed by atoms with Crippen molar-refractivity contribution in [3.63, 3.8) is 0 Å². The average Bonchev–Trinajstić information content (AvgIpc) is 3.07. The Morgan fingerprint density at radius 2 is 2.18 bits per heavy atom. The van der Waals surface area contributed by atoms with Gasteiger partial charge in [0.25, 0.3) is 0 Å². The predicted octanol–water partition coefficient (Wildman–Crippen LogP) is 3.12. The molecule has 0 bridgehead atoms. The van der Waals surface area contributed by atoms with Gasteiger partial charge in [-0.25, -0.2) is 4.79 Å². The number of aryl methyl sites for hydroxylation is 1. The van der Waals surface area contributed by atoms with Crippen LogP contribution in [-0.4, -0.2) is 19.1 Å². The fourth-order valence-corrected chi connectivity index (χ4v) is 2.53. The zero-order valence-corrected chi connectivity index (χ0v) is 11.6. The Bertz CT molecular complexity index is 409. The molecule has 2 rings (SSSR count). The maximum absolute atomic E-state index is 11.7. The van der Waals surface area contributed by atoms with E-state index in [1.807, 2.05) is 25.1 Å². The third-order valence-electron chi connectivity index (χ3n) is 2.91. The van der Waals surface area contributed by atoms with Gasteiger partial charge in [-0.3, -0.25) is 0 Å².